The minimum absolute atomic E-state index is 0.00383. The molecule has 0 fully saturated rings. The zero-order valence-corrected chi connectivity index (χ0v) is 12.6. The summed E-state index contributed by atoms with van der Waals surface area (Å²) in [6, 6.07) is 5.88. The zero-order valence-electron chi connectivity index (χ0n) is 12.6. The molecule has 1 atom stereocenters. The van der Waals surface area contributed by atoms with E-state index < -0.39 is 0 Å². The summed E-state index contributed by atoms with van der Waals surface area (Å²) in [7, 11) is 1.41. The maximum atomic E-state index is 11.7. The molecule has 0 unspecified atom stereocenters. The van der Waals surface area contributed by atoms with Crippen molar-refractivity contribution in [1.82, 2.24) is 0 Å². The van der Waals surface area contributed by atoms with Gasteiger partial charge < -0.3 is 4.74 Å². The van der Waals surface area contributed by atoms with E-state index in [9.17, 15) is 9.59 Å². The normalized spacial score (nSPS) is 23.9. The Morgan fingerprint density at radius 2 is 2.10 bits per heavy atom. The molecule has 0 aliphatic heterocycles. The Hall–Kier alpha value is -1.90. The number of carbonyl (C=O) groups excluding carboxylic acids is 2. The van der Waals surface area contributed by atoms with Crippen LogP contribution in [-0.2, 0) is 21.4 Å². The van der Waals surface area contributed by atoms with Gasteiger partial charge >= 0.3 is 5.97 Å². The van der Waals surface area contributed by atoms with Gasteiger partial charge in [0.15, 0.2) is 5.78 Å². The molecule has 3 heteroatoms. The SMILES string of the molecule is CC[C@@]12CCC(=O)C=C1CCc1cc(C(=O)OC)ccc12. The van der Waals surface area contributed by atoms with Crippen molar-refractivity contribution >= 4 is 11.8 Å². The molecule has 1 aromatic rings. The lowest BCUT2D eigenvalue weighted by Crippen LogP contribution is -2.36. The molecular formula is C18H20O3. The van der Waals surface area contributed by atoms with Crippen molar-refractivity contribution in [3.05, 3.63) is 46.5 Å². The molecular weight excluding hydrogens is 264 g/mol. The summed E-state index contributed by atoms with van der Waals surface area (Å²) in [5, 5.41) is 0. The maximum absolute atomic E-state index is 11.7. The molecule has 0 spiro atoms. The summed E-state index contributed by atoms with van der Waals surface area (Å²) in [6.45, 7) is 2.19. The molecule has 3 nitrogen and oxygen atoms in total. The summed E-state index contributed by atoms with van der Waals surface area (Å²) in [6.07, 6.45) is 6.17. The van der Waals surface area contributed by atoms with Crippen LogP contribution >= 0.6 is 0 Å². The zero-order chi connectivity index (χ0) is 15.0. The molecule has 0 amide bonds. The first-order valence-electron chi connectivity index (χ1n) is 7.56. The Balaban J connectivity index is 2.11. The number of benzene rings is 1. The van der Waals surface area contributed by atoms with Gasteiger partial charge in [-0.1, -0.05) is 18.6 Å². The Bertz CT molecular complexity index is 642. The molecule has 0 aromatic heterocycles. The standard InChI is InChI=1S/C18H20O3/c1-3-18-9-8-15(19)11-14(18)6-4-12-10-13(17(20)21-2)5-7-16(12)18/h5,7,10-11H,3-4,6,8-9H2,1-2H3/t18-/m1/s1. The number of hydrogen-bond donors (Lipinski definition) is 0. The number of esters is 1. The first-order chi connectivity index (χ1) is 10.1. The summed E-state index contributed by atoms with van der Waals surface area (Å²) in [5.41, 5.74) is 4.41. The number of allylic oxidation sites excluding steroid dienone is 2. The van der Waals surface area contributed by atoms with Gasteiger partial charge in [-0.2, -0.15) is 0 Å². The van der Waals surface area contributed by atoms with Gasteiger partial charge in [0.05, 0.1) is 12.7 Å². The van der Waals surface area contributed by atoms with Crippen LogP contribution in [0.2, 0.25) is 0 Å². The van der Waals surface area contributed by atoms with Gasteiger partial charge in [0.2, 0.25) is 0 Å². The first-order valence-corrected chi connectivity index (χ1v) is 7.56. The second-order valence-electron chi connectivity index (χ2n) is 5.94. The van der Waals surface area contributed by atoms with E-state index in [2.05, 4.69) is 13.0 Å². The summed E-state index contributed by atoms with van der Waals surface area (Å²) < 4.78 is 4.80. The van der Waals surface area contributed by atoms with Gasteiger partial charge in [-0.05, 0) is 55.0 Å². The van der Waals surface area contributed by atoms with Crippen LogP contribution in [0, 0.1) is 0 Å². The second kappa shape index (κ2) is 5.14. The highest BCUT2D eigenvalue weighted by atomic mass is 16.5. The molecule has 3 rings (SSSR count). The molecule has 0 saturated heterocycles. The lowest BCUT2D eigenvalue weighted by molar-refractivity contribution is -0.115. The van der Waals surface area contributed by atoms with E-state index in [4.69, 9.17) is 4.74 Å². The Kier molecular flexibility index (Phi) is 3.44. The largest absolute Gasteiger partial charge is 0.465 e. The minimum Gasteiger partial charge on any atom is -0.465 e. The van der Waals surface area contributed by atoms with Crippen molar-refractivity contribution in [2.45, 2.75) is 44.4 Å². The third kappa shape index (κ3) is 2.11. The predicted molar refractivity (Wildman–Crippen MR) is 80.4 cm³/mol. The van der Waals surface area contributed by atoms with Crippen LogP contribution in [0.5, 0.6) is 0 Å². The smallest absolute Gasteiger partial charge is 0.337 e. The first kappa shape index (κ1) is 14.1. The fourth-order valence-corrected chi connectivity index (χ4v) is 3.90. The lowest BCUT2D eigenvalue weighted by atomic mass is 9.60. The number of ether oxygens (including phenoxy) is 1. The van der Waals surface area contributed by atoms with Crippen molar-refractivity contribution < 1.29 is 14.3 Å². The summed E-state index contributed by atoms with van der Waals surface area (Å²) in [5.74, 6) is -0.0350. The van der Waals surface area contributed by atoms with E-state index >= 15 is 0 Å². The van der Waals surface area contributed by atoms with Gasteiger partial charge in [0, 0.05) is 11.8 Å². The highest BCUT2D eigenvalue weighted by Gasteiger charge is 2.41. The van der Waals surface area contributed by atoms with Crippen molar-refractivity contribution in [1.29, 1.82) is 0 Å². The van der Waals surface area contributed by atoms with Gasteiger partial charge in [-0.15, -0.1) is 0 Å². The Labute approximate surface area is 125 Å². The van der Waals surface area contributed by atoms with E-state index in [0.717, 1.165) is 25.7 Å². The quantitative estimate of drug-likeness (QED) is 0.782. The van der Waals surface area contributed by atoms with E-state index in [1.807, 2.05) is 18.2 Å². The van der Waals surface area contributed by atoms with Gasteiger partial charge in [-0.3, -0.25) is 4.79 Å². The molecule has 21 heavy (non-hydrogen) atoms. The molecule has 2 aliphatic carbocycles. The molecule has 110 valence electrons. The summed E-state index contributed by atoms with van der Waals surface area (Å²) in [4.78, 5) is 23.4. The molecule has 0 N–H and O–H groups in total. The number of fused-ring (bicyclic) bond motifs is 3. The van der Waals surface area contributed by atoms with E-state index in [-0.39, 0.29) is 17.2 Å². The van der Waals surface area contributed by atoms with Gasteiger partial charge in [0.25, 0.3) is 0 Å². The van der Waals surface area contributed by atoms with E-state index in [0.29, 0.717) is 12.0 Å². The molecule has 0 heterocycles. The average molecular weight is 284 g/mol. The maximum Gasteiger partial charge on any atom is 0.337 e. The highest BCUT2D eigenvalue weighted by molar-refractivity contribution is 5.93. The topological polar surface area (TPSA) is 43.4 Å². The number of methoxy groups -OCH3 is 1. The van der Waals surface area contributed by atoms with Gasteiger partial charge in [-0.25, -0.2) is 4.79 Å². The van der Waals surface area contributed by atoms with Crippen molar-refractivity contribution in [3.63, 3.8) is 0 Å². The summed E-state index contributed by atoms with van der Waals surface area (Å²) >= 11 is 0. The van der Waals surface area contributed by atoms with Gasteiger partial charge in [0.1, 0.15) is 0 Å². The second-order valence-corrected chi connectivity index (χ2v) is 5.94. The molecule has 0 bridgehead atoms. The number of ketones is 1. The number of carbonyl (C=O) groups is 2. The average Bonchev–Trinajstić information content (AvgIpc) is 2.53. The van der Waals surface area contributed by atoms with Crippen LogP contribution in [0.4, 0.5) is 0 Å². The van der Waals surface area contributed by atoms with Crippen LogP contribution in [0.3, 0.4) is 0 Å². The minimum atomic E-state index is -0.288. The number of hydrogen-bond acceptors (Lipinski definition) is 3. The van der Waals surface area contributed by atoms with Crippen molar-refractivity contribution in [2.75, 3.05) is 7.11 Å². The predicted octanol–water partition coefficient (Wildman–Crippen LogP) is 3.36. The van der Waals surface area contributed by atoms with E-state index in [1.54, 1.807) is 0 Å². The van der Waals surface area contributed by atoms with E-state index in [1.165, 1.54) is 23.8 Å². The molecule has 1 aromatic carbocycles. The fourth-order valence-electron chi connectivity index (χ4n) is 3.90. The highest BCUT2D eigenvalue weighted by Crippen LogP contribution is 2.49. The molecule has 0 saturated carbocycles. The van der Waals surface area contributed by atoms with Crippen molar-refractivity contribution in [3.8, 4) is 0 Å². The molecule has 0 radical (unpaired) electrons. The van der Waals surface area contributed by atoms with Crippen LogP contribution in [0.1, 0.15) is 54.1 Å². The van der Waals surface area contributed by atoms with Crippen LogP contribution in [-0.4, -0.2) is 18.9 Å². The number of rotatable bonds is 2. The third-order valence-electron chi connectivity index (χ3n) is 5.06. The third-order valence-corrected chi connectivity index (χ3v) is 5.06. The van der Waals surface area contributed by atoms with Crippen LogP contribution in [0.15, 0.2) is 29.8 Å². The monoisotopic (exact) mass is 284 g/mol. The lowest BCUT2D eigenvalue weighted by Gasteiger charge is -2.43. The fraction of sp³-hybridized carbons (Fsp3) is 0.444. The Morgan fingerprint density at radius 1 is 1.29 bits per heavy atom. The number of aryl methyl sites for hydroxylation is 1. The molecule has 2 aliphatic rings. The van der Waals surface area contributed by atoms with Crippen LogP contribution in [0.25, 0.3) is 0 Å². The van der Waals surface area contributed by atoms with Crippen LogP contribution < -0.4 is 0 Å². The van der Waals surface area contributed by atoms with Crippen molar-refractivity contribution in [2.24, 2.45) is 0 Å². The Morgan fingerprint density at radius 3 is 2.81 bits per heavy atom.